The number of thioether (sulfide) groups is 1. The Bertz CT molecular complexity index is 850. The van der Waals surface area contributed by atoms with Crippen LogP contribution in [0.5, 0.6) is 5.88 Å². The molecule has 29 heavy (non-hydrogen) atoms. The molecule has 1 saturated carbocycles. The minimum atomic E-state index is 0.656. The van der Waals surface area contributed by atoms with Crippen molar-refractivity contribution in [2.75, 3.05) is 26.7 Å². The van der Waals surface area contributed by atoms with E-state index >= 15 is 0 Å². The number of nitrogens with zero attached hydrogens (tertiary/aromatic N) is 2. The van der Waals surface area contributed by atoms with Gasteiger partial charge in [0.1, 0.15) is 0 Å². The first-order valence-electron chi connectivity index (χ1n) is 10.9. The minimum Gasteiger partial charge on any atom is -0.481 e. The van der Waals surface area contributed by atoms with Crippen LogP contribution in [0.1, 0.15) is 49.4 Å². The highest BCUT2D eigenvalue weighted by Gasteiger charge is 2.25. The summed E-state index contributed by atoms with van der Waals surface area (Å²) in [7, 11) is 1.70. The molecule has 1 aliphatic carbocycles. The first-order chi connectivity index (χ1) is 14.2. The summed E-state index contributed by atoms with van der Waals surface area (Å²) in [5.74, 6) is 1.38. The highest BCUT2D eigenvalue weighted by atomic mass is 32.2. The van der Waals surface area contributed by atoms with Gasteiger partial charge in [-0.3, -0.25) is 0 Å². The van der Waals surface area contributed by atoms with E-state index in [2.05, 4.69) is 54.3 Å². The second kappa shape index (κ2) is 9.36. The highest BCUT2D eigenvalue weighted by molar-refractivity contribution is 8.00. The Morgan fingerprint density at radius 3 is 2.52 bits per heavy atom. The fourth-order valence-electron chi connectivity index (χ4n) is 4.32. The molecule has 0 unspecified atom stereocenters. The van der Waals surface area contributed by atoms with Crippen LogP contribution in [-0.2, 0) is 0 Å². The van der Waals surface area contributed by atoms with Crippen molar-refractivity contribution < 1.29 is 4.74 Å². The average Bonchev–Trinajstić information content (AvgIpc) is 3.23. The summed E-state index contributed by atoms with van der Waals surface area (Å²) in [6.45, 7) is 7.87. The van der Waals surface area contributed by atoms with E-state index in [0.29, 0.717) is 5.92 Å². The molecule has 0 atom stereocenters. The van der Waals surface area contributed by atoms with Gasteiger partial charge >= 0.3 is 0 Å². The van der Waals surface area contributed by atoms with Crippen LogP contribution in [0, 0.1) is 12.8 Å². The lowest BCUT2D eigenvalue weighted by Gasteiger charge is -2.37. The SMILES string of the molecule is CCN1CC(Sc2ccc(/C(=C/C3CCCC3)c3ccc(C)c(OC)n3)cc2)C1. The van der Waals surface area contributed by atoms with Crippen molar-refractivity contribution in [2.24, 2.45) is 5.92 Å². The Morgan fingerprint density at radius 2 is 1.86 bits per heavy atom. The van der Waals surface area contributed by atoms with Crippen molar-refractivity contribution in [2.45, 2.75) is 49.7 Å². The van der Waals surface area contributed by atoms with E-state index < -0.39 is 0 Å². The standard InChI is InChI=1S/C25H32N2OS/c1-4-27-16-22(17-27)29-21-12-10-20(11-13-21)23(15-19-7-5-6-8-19)24-14-9-18(2)25(26-24)28-3/h9-15,19,22H,4-8,16-17H2,1-3H3/b23-15-. The molecule has 2 aliphatic rings. The van der Waals surface area contributed by atoms with Crippen molar-refractivity contribution in [3.63, 3.8) is 0 Å². The molecule has 154 valence electrons. The maximum absolute atomic E-state index is 5.50. The topological polar surface area (TPSA) is 25.4 Å². The summed E-state index contributed by atoms with van der Waals surface area (Å²) < 4.78 is 5.50. The number of methoxy groups -OCH3 is 1. The molecule has 0 radical (unpaired) electrons. The molecule has 4 rings (SSSR count). The summed E-state index contributed by atoms with van der Waals surface area (Å²) in [5.41, 5.74) is 4.58. The molecule has 2 aromatic rings. The second-order valence-corrected chi connectivity index (χ2v) is 9.64. The van der Waals surface area contributed by atoms with E-state index in [-0.39, 0.29) is 0 Å². The van der Waals surface area contributed by atoms with Crippen molar-refractivity contribution in [1.29, 1.82) is 0 Å². The summed E-state index contributed by atoms with van der Waals surface area (Å²) >= 11 is 2.01. The maximum atomic E-state index is 5.50. The van der Waals surface area contributed by atoms with E-state index in [1.54, 1.807) is 7.11 Å². The fraction of sp³-hybridized carbons (Fsp3) is 0.480. The normalized spacial score (nSPS) is 18.8. The Kier molecular flexibility index (Phi) is 6.61. The number of allylic oxidation sites excluding steroid dienone is 1. The number of rotatable bonds is 7. The third-order valence-corrected chi connectivity index (χ3v) is 7.34. The molecule has 0 N–H and O–H groups in total. The zero-order chi connectivity index (χ0) is 20.2. The Balaban J connectivity index is 1.58. The third kappa shape index (κ3) is 4.87. The summed E-state index contributed by atoms with van der Waals surface area (Å²) in [6.07, 6.45) is 7.71. The van der Waals surface area contributed by atoms with E-state index in [1.165, 1.54) is 61.3 Å². The number of pyridine rings is 1. The van der Waals surface area contributed by atoms with Crippen LogP contribution in [0.4, 0.5) is 0 Å². The predicted octanol–water partition coefficient (Wildman–Crippen LogP) is 5.82. The van der Waals surface area contributed by atoms with E-state index in [9.17, 15) is 0 Å². The predicted molar refractivity (Wildman–Crippen MR) is 123 cm³/mol. The van der Waals surface area contributed by atoms with E-state index in [1.807, 2.05) is 18.7 Å². The number of hydrogen-bond acceptors (Lipinski definition) is 4. The van der Waals surface area contributed by atoms with Crippen molar-refractivity contribution >= 4 is 17.3 Å². The van der Waals surface area contributed by atoms with Crippen LogP contribution in [0.3, 0.4) is 0 Å². The van der Waals surface area contributed by atoms with Crippen molar-refractivity contribution in [1.82, 2.24) is 9.88 Å². The van der Waals surface area contributed by atoms with Crippen LogP contribution in [0.25, 0.3) is 5.57 Å². The zero-order valence-corrected chi connectivity index (χ0v) is 18.7. The van der Waals surface area contributed by atoms with Crippen LogP contribution in [0.15, 0.2) is 47.4 Å². The molecule has 1 aromatic heterocycles. The first kappa shape index (κ1) is 20.5. The number of aryl methyl sites for hydroxylation is 1. The van der Waals surface area contributed by atoms with Gasteiger partial charge in [0.25, 0.3) is 0 Å². The molecule has 2 fully saturated rings. The van der Waals surface area contributed by atoms with Crippen LogP contribution in [0.2, 0.25) is 0 Å². The summed E-state index contributed by atoms with van der Waals surface area (Å²) in [4.78, 5) is 8.68. The van der Waals surface area contributed by atoms with Crippen molar-refractivity contribution in [3.8, 4) is 5.88 Å². The maximum Gasteiger partial charge on any atom is 0.216 e. The number of ether oxygens (including phenoxy) is 1. The molecule has 0 spiro atoms. The Morgan fingerprint density at radius 1 is 1.14 bits per heavy atom. The number of aromatic nitrogens is 1. The van der Waals surface area contributed by atoms with Gasteiger partial charge in [-0.15, -0.1) is 11.8 Å². The molecule has 1 aromatic carbocycles. The monoisotopic (exact) mass is 408 g/mol. The molecule has 4 heteroatoms. The Hall–Kier alpha value is -1.78. The molecule has 2 heterocycles. The van der Waals surface area contributed by atoms with Gasteiger partial charge in [-0.1, -0.05) is 44.0 Å². The van der Waals surface area contributed by atoms with Crippen LogP contribution in [-0.4, -0.2) is 41.9 Å². The number of hydrogen-bond donors (Lipinski definition) is 0. The largest absolute Gasteiger partial charge is 0.481 e. The summed E-state index contributed by atoms with van der Waals surface area (Å²) in [5, 5.41) is 0.734. The molecular weight excluding hydrogens is 376 g/mol. The smallest absolute Gasteiger partial charge is 0.216 e. The van der Waals surface area contributed by atoms with Crippen LogP contribution >= 0.6 is 11.8 Å². The van der Waals surface area contributed by atoms with Gasteiger partial charge < -0.3 is 9.64 Å². The van der Waals surface area contributed by atoms with Gasteiger partial charge in [0, 0.05) is 34.4 Å². The lowest BCUT2D eigenvalue weighted by Crippen LogP contribution is -2.48. The molecule has 0 amide bonds. The lowest BCUT2D eigenvalue weighted by atomic mass is 9.96. The van der Waals surface area contributed by atoms with Gasteiger partial charge in [0.05, 0.1) is 12.8 Å². The van der Waals surface area contributed by atoms with Gasteiger partial charge in [-0.25, -0.2) is 4.98 Å². The third-order valence-electron chi connectivity index (χ3n) is 6.16. The van der Waals surface area contributed by atoms with Gasteiger partial charge in [0.2, 0.25) is 5.88 Å². The summed E-state index contributed by atoms with van der Waals surface area (Å²) in [6, 6.07) is 13.4. The second-order valence-electron chi connectivity index (χ2n) is 8.26. The molecule has 1 saturated heterocycles. The van der Waals surface area contributed by atoms with Crippen LogP contribution < -0.4 is 4.74 Å². The quantitative estimate of drug-likeness (QED) is 0.577. The molecule has 3 nitrogen and oxygen atoms in total. The Labute approximate surface area is 179 Å². The van der Waals surface area contributed by atoms with Gasteiger partial charge in [0.15, 0.2) is 0 Å². The van der Waals surface area contributed by atoms with E-state index in [0.717, 1.165) is 22.4 Å². The fourth-order valence-corrected chi connectivity index (χ4v) is 5.57. The highest BCUT2D eigenvalue weighted by Crippen LogP contribution is 2.34. The van der Waals surface area contributed by atoms with E-state index in [4.69, 9.17) is 9.72 Å². The van der Waals surface area contributed by atoms with Gasteiger partial charge in [-0.05, 0) is 56.0 Å². The average molecular weight is 409 g/mol. The molecule has 0 bridgehead atoms. The zero-order valence-electron chi connectivity index (χ0n) is 17.9. The number of benzene rings is 1. The molecular formula is C25H32N2OS. The minimum absolute atomic E-state index is 0.656. The van der Waals surface area contributed by atoms with Crippen molar-refractivity contribution in [3.05, 3.63) is 59.3 Å². The number of likely N-dealkylation sites (tertiary alicyclic amines) is 1. The van der Waals surface area contributed by atoms with Gasteiger partial charge in [-0.2, -0.15) is 0 Å². The first-order valence-corrected chi connectivity index (χ1v) is 11.8. The lowest BCUT2D eigenvalue weighted by molar-refractivity contribution is 0.201. The molecule has 1 aliphatic heterocycles.